The van der Waals surface area contributed by atoms with Crippen LogP contribution in [0.5, 0.6) is 0 Å². The second kappa shape index (κ2) is 3.79. The van der Waals surface area contributed by atoms with Gasteiger partial charge < -0.3 is 14.6 Å². The van der Waals surface area contributed by atoms with Gasteiger partial charge in [0.05, 0.1) is 17.8 Å². The van der Waals surface area contributed by atoms with Crippen LogP contribution in [0.1, 0.15) is 25.5 Å². The van der Waals surface area contributed by atoms with Gasteiger partial charge in [-0.1, -0.05) is 5.57 Å². The lowest BCUT2D eigenvalue weighted by molar-refractivity contribution is -0.158. The first-order valence-electron chi connectivity index (χ1n) is 5.18. The Balaban J connectivity index is 2.25. The fraction of sp³-hybridized carbons (Fsp3) is 0.417. The van der Waals surface area contributed by atoms with E-state index < -0.39 is 17.5 Å². The molecule has 0 spiro atoms. The smallest absolute Gasteiger partial charge is 0.313 e. The minimum atomic E-state index is -0.911. The van der Waals surface area contributed by atoms with Crippen LogP contribution in [0.4, 0.5) is 0 Å². The number of aliphatic hydroxyl groups is 1. The molecule has 0 bridgehead atoms. The Morgan fingerprint density at radius 3 is 2.75 bits per heavy atom. The van der Waals surface area contributed by atoms with Gasteiger partial charge >= 0.3 is 5.97 Å². The molecule has 4 nitrogen and oxygen atoms in total. The zero-order valence-corrected chi connectivity index (χ0v) is 9.01. The van der Waals surface area contributed by atoms with Gasteiger partial charge in [0.1, 0.15) is 5.76 Å². The first-order valence-corrected chi connectivity index (χ1v) is 5.18. The normalized spacial score (nSPS) is 29.9. The number of carboxylic acids is 1. The van der Waals surface area contributed by atoms with Crippen LogP contribution >= 0.6 is 0 Å². The average molecular weight is 222 g/mol. The Morgan fingerprint density at radius 1 is 1.62 bits per heavy atom. The second-order valence-electron chi connectivity index (χ2n) is 4.29. The Kier molecular flexibility index (Phi) is 2.59. The lowest BCUT2D eigenvalue weighted by Gasteiger charge is -2.42. The van der Waals surface area contributed by atoms with E-state index in [0.29, 0.717) is 5.76 Å². The standard InChI is InChI=1S/C12H14O4/c1-8(5-10-3-2-4-16-10)12(11(14)15)6-9(13)7-12/h2-5,9,13H,6-7H2,1H3,(H,14,15)/b8-5-. The van der Waals surface area contributed by atoms with Gasteiger partial charge in [-0.2, -0.15) is 0 Å². The molecule has 1 fully saturated rings. The highest BCUT2D eigenvalue weighted by molar-refractivity contribution is 5.81. The summed E-state index contributed by atoms with van der Waals surface area (Å²) in [5.41, 5.74) is -0.188. The molecule has 1 aliphatic carbocycles. The van der Waals surface area contributed by atoms with Crippen molar-refractivity contribution in [2.75, 3.05) is 0 Å². The van der Waals surface area contributed by atoms with Crippen molar-refractivity contribution < 1.29 is 19.4 Å². The predicted molar refractivity (Wildman–Crippen MR) is 57.7 cm³/mol. The molecular formula is C12H14O4. The lowest BCUT2D eigenvalue weighted by Crippen LogP contribution is -2.47. The average Bonchev–Trinajstić information content (AvgIpc) is 2.64. The summed E-state index contributed by atoms with van der Waals surface area (Å²) in [6, 6.07) is 3.52. The van der Waals surface area contributed by atoms with Crippen molar-refractivity contribution in [3.8, 4) is 0 Å². The van der Waals surface area contributed by atoms with Gasteiger partial charge in [-0.15, -0.1) is 0 Å². The summed E-state index contributed by atoms with van der Waals surface area (Å²) in [5, 5.41) is 18.5. The number of carboxylic acid groups (broad SMARTS) is 1. The summed E-state index contributed by atoms with van der Waals surface area (Å²) >= 11 is 0. The lowest BCUT2D eigenvalue weighted by atomic mass is 9.62. The molecule has 1 aromatic rings. The molecule has 0 atom stereocenters. The van der Waals surface area contributed by atoms with Crippen LogP contribution in [0.25, 0.3) is 6.08 Å². The van der Waals surface area contributed by atoms with E-state index in [1.165, 1.54) is 0 Å². The molecular weight excluding hydrogens is 208 g/mol. The molecule has 1 aliphatic rings. The van der Waals surface area contributed by atoms with Crippen LogP contribution in [0.15, 0.2) is 28.4 Å². The molecule has 2 rings (SSSR count). The van der Waals surface area contributed by atoms with E-state index >= 15 is 0 Å². The zero-order chi connectivity index (χ0) is 11.8. The van der Waals surface area contributed by atoms with E-state index in [9.17, 15) is 15.0 Å². The summed E-state index contributed by atoms with van der Waals surface area (Å²) in [6.45, 7) is 1.77. The number of hydrogen-bond donors (Lipinski definition) is 2. The van der Waals surface area contributed by atoms with Crippen LogP contribution in [0.2, 0.25) is 0 Å². The number of hydrogen-bond acceptors (Lipinski definition) is 3. The number of aliphatic carboxylic acids is 1. The number of carbonyl (C=O) groups is 1. The van der Waals surface area contributed by atoms with Gasteiger partial charge in [-0.25, -0.2) is 0 Å². The van der Waals surface area contributed by atoms with Crippen LogP contribution in [0, 0.1) is 5.41 Å². The molecule has 0 aromatic carbocycles. The maximum absolute atomic E-state index is 11.2. The Bertz CT molecular complexity index is 410. The maximum Gasteiger partial charge on any atom is 0.313 e. The summed E-state index contributed by atoms with van der Waals surface area (Å²) in [7, 11) is 0. The largest absolute Gasteiger partial charge is 0.481 e. The SMILES string of the molecule is C/C(=C/c1ccco1)C1(C(=O)O)CC(O)C1. The van der Waals surface area contributed by atoms with Crippen LogP contribution < -0.4 is 0 Å². The fourth-order valence-corrected chi connectivity index (χ4v) is 2.13. The molecule has 16 heavy (non-hydrogen) atoms. The highest BCUT2D eigenvalue weighted by Crippen LogP contribution is 2.47. The molecule has 2 N–H and O–H groups in total. The van der Waals surface area contributed by atoms with E-state index in [1.807, 2.05) is 0 Å². The topological polar surface area (TPSA) is 70.7 Å². The van der Waals surface area contributed by atoms with Crippen molar-refractivity contribution >= 4 is 12.0 Å². The van der Waals surface area contributed by atoms with E-state index in [1.54, 1.807) is 31.4 Å². The Labute approximate surface area is 93.2 Å². The number of aliphatic hydroxyl groups excluding tert-OH is 1. The molecule has 4 heteroatoms. The van der Waals surface area contributed by atoms with Crippen molar-refractivity contribution in [1.29, 1.82) is 0 Å². The minimum Gasteiger partial charge on any atom is -0.481 e. The van der Waals surface area contributed by atoms with Crippen LogP contribution in [-0.2, 0) is 4.79 Å². The van der Waals surface area contributed by atoms with Crippen LogP contribution in [0.3, 0.4) is 0 Å². The molecule has 0 amide bonds. The molecule has 1 saturated carbocycles. The third-order valence-corrected chi connectivity index (χ3v) is 3.23. The van der Waals surface area contributed by atoms with E-state index in [-0.39, 0.29) is 12.8 Å². The second-order valence-corrected chi connectivity index (χ2v) is 4.29. The summed E-state index contributed by atoms with van der Waals surface area (Å²) in [6.07, 6.45) is 3.33. The molecule has 0 saturated heterocycles. The van der Waals surface area contributed by atoms with Crippen molar-refractivity contribution in [3.63, 3.8) is 0 Å². The fourth-order valence-electron chi connectivity index (χ4n) is 2.13. The maximum atomic E-state index is 11.2. The van der Waals surface area contributed by atoms with Crippen LogP contribution in [-0.4, -0.2) is 22.3 Å². The molecule has 86 valence electrons. The van der Waals surface area contributed by atoms with Crippen molar-refractivity contribution in [2.24, 2.45) is 5.41 Å². The number of rotatable bonds is 3. The molecule has 1 heterocycles. The minimum absolute atomic E-state index is 0.283. The van der Waals surface area contributed by atoms with Gasteiger partial charge in [-0.3, -0.25) is 4.79 Å². The predicted octanol–water partition coefficient (Wildman–Crippen LogP) is 1.91. The third-order valence-electron chi connectivity index (χ3n) is 3.23. The summed E-state index contributed by atoms with van der Waals surface area (Å²) in [4.78, 5) is 11.2. The first kappa shape index (κ1) is 11.0. The van der Waals surface area contributed by atoms with E-state index in [2.05, 4.69) is 0 Å². The molecule has 1 aromatic heterocycles. The zero-order valence-electron chi connectivity index (χ0n) is 9.01. The van der Waals surface area contributed by atoms with Gasteiger partial charge in [-0.05, 0) is 38.0 Å². The van der Waals surface area contributed by atoms with Gasteiger partial charge in [0.2, 0.25) is 0 Å². The summed E-state index contributed by atoms with van der Waals surface area (Å²) in [5.74, 6) is -0.238. The highest BCUT2D eigenvalue weighted by Gasteiger charge is 2.51. The Morgan fingerprint density at radius 2 is 2.31 bits per heavy atom. The monoisotopic (exact) mass is 222 g/mol. The van der Waals surface area contributed by atoms with Gasteiger partial charge in [0.25, 0.3) is 0 Å². The third kappa shape index (κ3) is 1.65. The van der Waals surface area contributed by atoms with E-state index in [4.69, 9.17) is 4.42 Å². The summed E-state index contributed by atoms with van der Waals surface area (Å²) < 4.78 is 5.14. The van der Waals surface area contributed by atoms with E-state index in [0.717, 1.165) is 5.57 Å². The molecule has 0 aliphatic heterocycles. The number of furan rings is 1. The van der Waals surface area contributed by atoms with Crippen molar-refractivity contribution in [2.45, 2.75) is 25.9 Å². The quantitative estimate of drug-likeness (QED) is 0.819. The Hall–Kier alpha value is -1.55. The van der Waals surface area contributed by atoms with Gasteiger partial charge in [0.15, 0.2) is 0 Å². The first-order chi connectivity index (χ1) is 7.54. The van der Waals surface area contributed by atoms with Gasteiger partial charge in [0, 0.05) is 0 Å². The highest BCUT2D eigenvalue weighted by atomic mass is 16.4. The molecule has 0 radical (unpaired) electrons. The molecule has 0 unspecified atom stereocenters. The van der Waals surface area contributed by atoms with Crippen molar-refractivity contribution in [1.82, 2.24) is 0 Å². The van der Waals surface area contributed by atoms with Crippen molar-refractivity contribution in [3.05, 3.63) is 29.7 Å².